The number of halogens is 1. The molecule has 0 aliphatic carbocycles. The van der Waals surface area contributed by atoms with E-state index < -0.39 is 11.9 Å². The fourth-order valence-electron chi connectivity index (χ4n) is 2.25. The molecule has 0 spiro atoms. The van der Waals surface area contributed by atoms with Crippen LogP contribution in [0.1, 0.15) is 17.3 Å². The minimum absolute atomic E-state index is 0.306. The molecule has 0 aliphatic heterocycles. The topological polar surface area (TPSA) is 55.7 Å². The average molecular weight is 362 g/mol. The number of esters is 1. The van der Waals surface area contributed by atoms with Gasteiger partial charge in [-0.3, -0.25) is 14.6 Å². The first-order chi connectivity index (χ1) is 10.5. The van der Waals surface area contributed by atoms with Gasteiger partial charge in [-0.1, -0.05) is 34.1 Å². The van der Waals surface area contributed by atoms with Crippen molar-refractivity contribution < 1.29 is 14.3 Å². The van der Waals surface area contributed by atoms with Gasteiger partial charge in [-0.05, 0) is 35.9 Å². The Morgan fingerprint density at radius 1 is 1.14 bits per heavy atom. The van der Waals surface area contributed by atoms with Gasteiger partial charge in [0, 0.05) is 22.8 Å². The van der Waals surface area contributed by atoms with Gasteiger partial charge in [0.25, 0.3) is 0 Å². The van der Waals surface area contributed by atoms with Crippen LogP contribution in [0.25, 0.3) is 10.8 Å². The lowest BCUT2D eigenvalue weighted by atomic mass is 9.92. The van der Waals surface area contributed by atoms with Crippen LogP contribution >= 0.6 is 15.9 Å². The predicted molar refractivity (Wildman–Crippen MR) is 90.5 cm³/mol. The van der Waals surface area contributed by atoms with Crippen molar-refractivity contribution in [3.05, 3.63) is 46.4 Å². The summed E-state index contributed by atoms with van der Waals surface area (Å²) < 4.78 is 5.71. The van der Waals surface area contributed by atoms with Crippen molar-refractivity contribution in [2.75, 3.05) is 14.2 Å². The number of benzene rings is 2. The zero-order chi connectivity index (χ0) is 16.3. The van der Waals surface area contributed by atoms with E-state index in [2.05, 4.69) is 20.9 Å². The Bertz CT molecular complexity index is 768. The molecule has 114 valence electrons. The highest BCUT2D eigenvalue weighted by atomic mass is 79.9. The van der Waals surface area contributed by atoms with Crippen molar-refractivity contribution >= 4 is 44.2 Å². The summed E-state index contributed by atoms with van der Waals surface area (Å²) >= 11 is 3.42. The quantitative estimate of drug-likeness (QED) is 0.361. The first-order valence-electron chi connectivity index (χ1n) is 6.72. The third kappa shape index (κ3) is 3.25. The van der Waals surface area contributed by atoms with Gasteiger partial charge in [0.15, 0.2) is 11.7 Å². The Balaban J connectivity index is 2.46. The van der Waals surface area contributed by atoms with Crippen LogP contribution in [0.2, 0.25) is 0 Å². The van der Waals surface area contributed by atoms with E-state index in [0.717, 1.165) is 15.2 Å². The van der Waals surface area contributed by atoms with Gasteiger partial charge < -0.3 is 4.74 Å². The van der Waals surface area contributed by atoms with Crippen molar-refractivity contribution in [1.29, 1.82) is 0 Å². The molecule has 0 bridgehead atoms. The smallest absolute Gasteiger partial charge is 0.322 e. The molecule has 0 aliphatic rings. The van der Waals surface area contributed by atoms with Gasteiger partial charge in [0.05, 0.1) is 7.11 Å². The minimum atomic E-state index is -0.997. The zero-order valence-corrected chi connectivity index (χ0v) is 14.2. The number of hydrogen-bond donors (Lipinski definition) is 0. The van der Waals surface area contributed by atoms with Crippen molar-refractivity contribution in [2.24, 2.45) is 10.9 Å². The lowest BCUT2D eigenvalue weighted by Gasteiger charge is -2.13. The second-order valence-corrected chi connectivity index (χ2v) is 5.81. The number of ketones is 1. The van der Waals surface area contributed by atoms with Gasteiger partial charge >= 0.3 is 5.97 Å². The van der Waals surface area contributed by atoms with Gasteiger partial charge in [-0.2, -0.15) is 0 Å². The molecule has 0 amide bonds. The zero-order valence-electron chi connectivity index (χ0n) is 12.6. The molecule has 0 aromatic heterocycles. The molecule has 0 saturated heterocycles. The number of hydrogen-bond acceptors (Lipinski definition) is 4. The molecule has 4 nitrogen and oxygen atoms in total. The van der Waals surface area contributed by atoms with Crippen molar-refractivity contribution in [2.45, 2.75) is 6.92 Å². The first kappa shape index (κ1) is 16.4. The van der Waals surface area contributed by atoms with Crippen LogP contribution in [0.15, 0.2) is 45.9 Å². The van der Waals surface area contributed by atoms with E-state index in [-0.39, 0.29) is 5.78 Å². The third-order valence-electron chi connectivity index (χ3n) is 3.56. The molecule has 5 heteroatoms. The lowest BCUT2D eigenvalue weighted by Crippen LogP contribution is -2.31. The van der Waals surface area contributed by atoms with E-state index in [1.165, 1.54) is 7.11 Å². The van der Waals surface area contributed by atoms with Crippen LogP contribution in [-0.4, -0.2) is 31.6 Å². The van der Waals surface area contributed by atoms with Crippen molar-refractivity contribution in [3.63, 3.8) is 0 Å². The van der Waals surface area contributed by atoms with Crippen molar-refractivity contribution in [3.8, 4) is 0 Å². The van der Waals surface area contributed by atoms with Crippen LogP contribution in [0.5, 0.6) is 0 Å². The number of methoxy groups -OCH3 is 1. The Kier molecular flexibility index (Phi) is 5.08. The maximum atomic E-state index is 12.7. The van der Waals surface area contributed by atoms with Gasteiger partial charge in [0.2, 0.25) is 0 Å². The third-order valence-corrected chi connectivity index (χ3v) is 4.05. The molecule has 1 unspecified atom stereocenters. The number of Topliss-reactive ketones (excluding diaryl/α,β-unsaturated/α-hetero) is 1. The number of ether oxygens (including phenoxy) is 1. The number of nitrogens with zero attached hydrogens (tertiary/aromatic N) is 1. The first-order valence-corrected chi connectivity index (χ1v) is 7.52. The van der Waals surface area contributed by atoms with Crippen LogP contribution < -0.4 is 0 Å². The monoisotopic (exact) mass is 361 g/mol. The standard InChI is InChI=1S/C17H16BrNO3/c1-10(19-2)15(17(21)22-3)16(20)13-5-4-12-9-14(18)7-6-11(12)8-13/h4-9,15H,1-3H3/b19-10+. The van der Waals surface area contributed by atoms with E-state index >= 15 is 0 Å². The highest BCUT2D eigenvalue weighted by molar-refractivity contribution is 9.10. The molecular weight excluding hydrogens is 346 g/mol. The molecule has 2 aromatic rings. The molecule has 1 atom stereocenters. The Hall–Kier alpha value is -2.01. The number of aliphatic imine (C=N–C) groups is 1. The number of fused-ring (bicyclic) bond motifs is 1. The van der Waals surface area contributed by atoms with E-state index in [9.17, 15) is 9.59 Å². The summed E-state index contributed by atoms with van der Waals surface area (Å²) in [6.07, 6.45) is 0. The molecule has 2 rings (SSSR count). The summed E-state index contributed by atoms with van der Waals surface area (Å²) in [5.41, 5.74) is 0.904. The highest BCUT2D eigenvalue weighted by Crippen LogP contribution is 2.23. The fraction of sp³-hybridized carbons (Fsp3) is 0.235. The number of rotatable bonds is 4. The van der Waals surface area contributed by atoms with Gasteiger partial charge in [-0.15, -0.1) is 0 Å². The molecule has 0 saturated carbocycles. The van der Waals surface area contributed by atoms with Crippen LogP contribution in [0.4, 0.5) is 0 Å². The maximum Gasteiger partial charge on any atom is 0.322 e. The summed E-state index contributed by atoms with van der Waals surface area (Å²) in [7, 11) is 2.82. The normalized spacial score (nSPS) is 13.0. The number of carbonyl (C=O) groups is 2. The molecule has 0 N–H and O–H groups in total. The SMILES string of the molecule is C/N=C(\C)C(C(=O)OC)C(=O)c1ccc2cc(Br)ccc2c1. The molecule has 2 aromatic carbocycles. The summed E-state index contributed by atoms with van der Waals surface area (Å²) in [6, 6.07) is 11.2. The maximum absolute atomic E-state index is 12.7. The molecule has 0 fully saturated rings. The molecule has 0 heterocycles. The Morgan fingerprint density at radius 3 is 2.41 bits per heavy atom. The van der Waals surface area contributed by atoms with Crippen LogP contribution in [0.3, 0.4) is 0 Å². The minimum Gasteiger partial charge on any atom is -0.468 e. The van der Waals surface area contributed by atoms with E-state index in [0.29, 0.717) is 11.3 Å². The van der Waals surface area contributed by atoms with Gasteiger partial charge in [0.1, 0.15) is 0 Å². The van der Waals surface area contributed by atoms with E-state index in [1.807, 2.05) is 24.3 Å². The van der Waals surface area contributed by atoms with Crippen molar-refractivity contribution in [1.82, 2.24) is 0 Å². The second kappa shape index (κ2) is 6.83. The largest absolute Gasteiger partial charge is 0.468 e. The second-order valence-electron chi connectivity index (χ2n) is 4.89. The predicted octanol–water partition coefficient (Wildman–Crippen LogP) is 3.66. The molecular formula is C17H16BrNO3. The Morgan fingerprint density at radius 2 is 1.77 bits per heavy atom. The van der Waals surface area contributed by atoms with E-state index in [4.69, 9.17) is 4.74 Å². The van der Waals surface area contributed by atoms with Crippen LogP contribution in [-0.2, 0) is 9.53 Å². The average Bonchev–Trinajstić information content (AvgIpc) is 2.53. The fourth-order valence-corrected chi connectivity index (χ4v) is 2.63. The van der Waals surface area contributed by atoms with E-state index in [1.54, 1.807) is 26.1 Å². The Labute approximate surface area is 137 Å². The number of carbonyl (C=O) groups excluding carboxylic acids is 2. The molecule has 0 radical (unpaired) electrons. The highest BCUT2D eigenvalue weighted by Gasteiger charge is 2.31. The van der Waals surface area contributed by atoms with Crippen LogP contribution in [0, 0.1) is 5.92 Å². The molecule has 22 heavy (non-hydrogen) atoms. The summed E-state index contributed by atoms with van der Waals surface area (Å²) in [5.74, 6) is -1.90. The summed E-state index contributed by atoms with van der Waals surface area (Å²) in [4.78, 5) is 28.5. The lowest BCUT2D eigenvalue weighted by molar-refractivity contribution is -0.141. The van der Waals surface area contributed by atoms with Gasteiger partial charge in [-0.25, -0.2) is 0 Å². The summed E-state index contributed by atoms with van der Waals surface area (Å²) in [6.45, 7) is 1.65. The summed E-state index contributed by atoms with van der Waals surface area (Å²) in [5, 5.41) is 1.95.